The highest BCUT2D eigenvalue weighted by Crippen LogP contribution is 2.32. The molecule has 3 rings (SSSR count). The zero-order valence-electron chi connectivity index (χ0n) is 11.4. The summed E-state index contributed by atoms with van der Waals surface area (Å²) in [4.78, 5) is 15.1. The standard InChI is InChI=1S/C15H16N2O4/c18-14(19)10-21-13-4-2-1-3-12(13)15-16-6-7-17(15)11-5-8-20-9-11/h1-4,6-7,11H,5,8-10H2,(H,18,19). The van der Waals surface area contributed by atoms with Crippen LogP contribution in [-0.2, 0) is 9.53 Å². The van der Waals surface area contributed by atoms with E-state index in [0.717, 1.165) is 24.4 Å². The Kier molecular flexibility index (Phi) is 3.87. The van der Waals surface area contributed by atoms with E-state index >= 15 is 0 Å². The number of rotatable bonds is 5. The lowest BCUT2D eigenvalue weighted by molar-refractivity contribution is -0.139. The van der Waals surface area contributed by atoms with Crippen molar-refractivity contribution in [2.24, 2.45) is 0 Å². The van der Waals surface area contributed by atoms with Crippen LogP contribution in [0.2, 0.25) is 0 Å². The second-order valence-electron chi connectivity index (χ2n) is 4.85. The second-order valence-corrected chi connectivity index (χ2v) is 4.85. The van der Waals surface area contributed by atoms with E-state index in [2.05, 4.69) is 9.55 Å². The van der Waals surface area contributed by atoms with Crippen LogP contribution in [-0.4, -0.2) is 40.4 Å². The van der Waals surface area contributed by atoms with Gasteiger partial charge in [-0.3, -0.25) is 0 Å². The summed E-state index contributed by atoms with van der Waals surface area (Å²) in [5, 5.41) is 8.76. The molecule has 1 aromatic heterocycles. The molecule has 1 saturated heterocycles. The molecule has 0 bridgehead atoms. The molecule has 0 radical (unpaired) electrons. The van der Waals surface area contributed by atoms with Gasteiger partial charge in [-0.05, 0) is 18.6 Å². The molecule has 1 atom stereocenters. The third kappa shape index (κ3) is 2.90. The highest BCUT2D eigenvalue weighted by Gasteiger charge is 2.22. The Morgan fingerprint density at radius 2 is 2.33 bits per heavy atom. The van der Waals surface area contributed by atoms with E-state index in [1.807, 2.05) is 24.4 Å². The molecule has 1 aromatic carbocycles. The summed E-state index contributed by atoms with van der Waals surface area (Å²) >= 11 is 0. The fourth-order valence-electron chi connectivity index (χ4n) is 2.47. The number of ether oxygens (including phenoxy) is 2. The Morgan fingerprint density at radius 1 is 1.48 bits per heavy atom. The van der Waals surface area contributed by atoms with Gasteiger partial charge in [0.2, 0.25) is 0 Å². The quantitative estimate of drug-likeness (QED) is 0.910. The maximum atomic E-state index is 10.7. The number of imidazole rings is 1. The third-order valence-electron chi connectivity index (χ3n) is 3.45. The molecular formula is C15H16N2O4. The van der Waals surface area contributed by atoms with Crippen molar-refractivity contribution in [3.05, 3.63) is 36.7 Å². The summed E-state index contributed by atoms with van der Waals surface area (Å²) in [5.41, 5.74) is 0.788. The topological polar surface area (TPSA) is 73.6 Å². The van der Waals surface area contributed by atoms with Crippen LogP contribution in [0.25, 0.3) is 11.4 Å². The van der Waals surface area contributed by atoms with Crippen molar-refractivity contribution >= 4 is 5.97 Å². The lowest BCUT2D eigenvalue weighted by atomic mass is 10.1. The molecule has 0 aliphatic carbocycles. The van der Waals surface area contributed by atoms with E-state index in [4.69, 9.17) is 14.6 Å². The number of benzene rings is 1. The molecule has 2 aromatic rings. The van der Waals surface area contributed by atoms with Crippen molar-refractivity contribution in [1.29, 1.82) is 0 Å². The van der Waals surface area contributed by atoms with Crippen molar-refractivity contribution < 1.29 is 19.4 Å². The minimum atomic E-state index is -1.00. The Morgan fingerprint density at radius 3 is 3.10 bits per heavy atom. The number of carboxylic acids is 1. The van der Waals surface area contributed by atoms with E-state index in [0.29, 0.717) is 12.4 Å². The molecule has 1 unspecified atom stereocenters. The lowest BCUT2D eigenvalue weighted by Gasteiger charge is -2.15. The van der Waals surface area contributed by atoms with Gasteiger partial charge >= 0.3 is 5.97 Å². The number of nitrogens with zero attached hydrogens (tertiary/aromatic N) is 2. The van der Waals surface area contributed by atoms with Gasteiger partial charge in [0, 0.05) is 19.0 Å². The molecule has 110 valence electrons. The number of para-hydroxylation sites is 1. The molecule has 2 heterocycles. The molecule has 1 aliphatic heterocycles. The molecule has 1 aliphatic rings. The average Bonchev–Trinajstić information content (AvgIpc) is 3.15. The van der Waals surface area contributed by atoms with Crippen molar-refractivity contribution in [2.45, 2.75) is 12.5 Å². The van der Waals surface area contributed by atoms with E-state index < -0.39 is 5.97 Å². The number of hydrogen-bond acceptors (Lipinski definition) is 4. The minimum Gasteiger partial charge on any atom is -0.481 e. The molecule has 1 fully saturated rings. The fraction of sp³-hybridized carbons (Fsp3) is 0.333. The van der Waals surface area contributed by atoms with Gasteiger partial charge in [0.05, 0.1) is 18.2 Å². The molecule has 0 spiro atoms. The SMILES string of the molecule is O=C(O)COc1ccccc1-c1nccn1C1CCOC1. The van der Waals surface area contributed by atoms with Gasteiger partial charge in [0.15, 0.2) is 6.61 Å². The Labute approximate surface area is 121 Å². The van der Waals surface area contributed by atoms with Crippen molar-refractivity contribution in [3.8, 4) is 17.1 Å². The van der Waals surface area contributed by atoms with Crippen molar-refractivity contribution in [1.82, 2.24) is 9.55 Å². The zero-order valence-corrected chi connectivity index (χ0v) is 11.4. The molecule has 0 saturated carbocycles. The molecular weight excluding hydrogens is 272 g/mol. The predicted octanol–water partition coefficient (Wildman–Crippen LogP) is 1.97. The van der Waals surface area contributed by atoms with Crippen LogP contribution >= 0.6 is 0 Å². The van der Waals surface area contributed by atoms with Crippen molar-refractivity contribution in [3.63, 3.8) is 0 Å². The average molecular weight is 288 g/mol. The van der Waals surface area contributed by atoms with Crippen LogP contribution in [0.4, 0.5) is 0 Å². The van der Waals surface area contributed by atoms with Crippen molar-refractivity contribution in [2.75, 3.05) is 19.8 Å². The minimum absolute atomic E-state index is 0.259. The second kappa shape index (κ2) is 5.97. The van der Waals surface area contributed by atoms with Gasteiger partial charge in [0.1, 0.15) is 11.6 Å². The van der Waals surface area contributed by atoms with Crippen LogP contribution in [0.3, 0.4) is 0 Å². The van der Waals surface area contributed by atoms with E-state index in [1.165, 1.54) is 0 Å². The van der Waals surface area contributed by atoms with Gasteiger partial charge in [-0.25, -0.2) is 9.78 Å². The van der Waals surface area contributed by atoms with Crippen LogP contribution in [0, 0.1) is 0 Å². The van der Waals surface area contributed by atoms with E-state index in [-0.39, 0.29) is 12.6 Å². The summed E-state index contributed by atoms with van der Waals surface area (Å²) < 4.78 is 12.8. The lowest BCUT2D eigenvalue weighted by Crippen LogP contribution is -2.12. The van der Waals surface area contributed by atoms with Gasteiger partial charge < -0.3 is 19.1 Å². The summed E-state index contributed by atoms with van der Waals surface area (Å²) in [5.74, 6) is 0.287. The maximum absolute atomic E-state index is 10.7. The smallest absolute Gasteiger partial charge is 0.341 e. The first-order valence-corrected chi connectivity index (χ1v) is 6.80. The zero-order chi connectivity index (χ0) is 14.7. The first kappa shape index (κ1) is 13.6. The third-order valence-corrected chi connectivity index (χ3v) is 3.45. The van der Waals surface area contributed by atoms with Crippen LogP contribution in [0.15, 0.2) is 36.7 Å². The van der Waals surface area contributed by atoms with Crippen LogP contribution in [0.1, 0.15) is 12.5 Å². The number of aromatic nitrogens is 2. The number of hydrogen-bond donors (Lipinski definition) is 1. The molecule has 6 heteroatoms. The summed E-state index contributed by atoms with van der Waals surface area (Å²) in [7, 11) is 0. The largest absolute Gasteiger partial charge is 0.481 e. The van der Waals surface area contributed by atoms with E-state index in [1.54, 1.807) is 12.3 Å². The van der Waals surface area contributed by atoms with Gasteiger partial charge in [-0.15, -0.1) is 0 Å². The number of carboxylic acid groups (broad SMARTS) is 1. The Hall–Kier alpha value is -2.34. The number of carbonyl (C=O) groups is 1. The first-order valence-electron chi connectivity index (χ1n) is 6.80. The Balaban J connectivity index is 1.93. The van der Waals surface area contributed by atoms with Gasteiger partial charge in [-0.1, -0.05) is 12.1 Å². The monoisotopic (exact) mass is 288 g/mol. The first-order chi connectivity index (χ1) is 10.3. The predicted molar refractivity (Wildman–Crippen MR) is 75.3 cm³/mol. The van der Waals surface area contributed by atoms with Crippen LogP contribution < -0.4 is 4.74 Å². The molecule has 6 nitrogen and oxygen atoms in total. The van der Waals surface area contributed by atoms with Gasteiger partial charge in [-0.2, -0.15) is 0 Å². The highest BCUT2D eigenvalue weighted by atomic mass is 16.5. The molecule has 1 N–H and O–H groups in total. The van der Waals surface area contributed by atoms with E-state index in [9.17, 15) is 4.79 Å². The highest BCUT2D eigenvalue weighted by molar-refractivity contribution is 5.70. The summed E-state index contributed by atoms with van der Waals surface area (Å²) in [6.45, 7) is 1.05. The molecule has 0 amide bonds. The summed E-state index contributed by atoms with van der Waals surface area (Å²) in [6.07, 6.45) is 4.60. The fourth-order valence-corrected chi connectivity index (χ4v) is 2.47. The summed E-state index contributed by atoms with van der Waals surface area (Å²) in [6, 6.07) is 7.59. The number of aliphatic carboxylic acids is 1. The van der Waals surface area contributed by atoms with Gasteiger partial charge in [0.25, 0.3) is 0 Å². The van der Waals surface area contributed by atoms with Crippen LogP contribution in [0.5, 0.6) is 5.75 Å². The maximum Gasteiger partial charge on any atom is 0.341 e. The molecule has 21 heavy (non-hydrogen) atoms. The Bertz CT molecular complexity index is 632. The normalized spacial score (nSPS) is 17.8.